The largest absolute Gasteiger partial charge is 0.486 e. The Bertz CT molecular complexity index is 1040. The van der Waals surface area contributed by atoms with E-state index in [-0.39, 0.29) is 12.5 Å². The zero-order chi connectivity index (χ0) is 25.4. The minimum atomic E-state index is -0.573. The third-order valence-corrected chi connectivity index (χ3v) is 5.70. The molecule has 1 saturated heterocycles. The van der Waals surface area contributed by atoms with Crippen molar-refractivity contribution in [3.05, 3.63) is 65.2 Å². The SMILES string of the molecule is CC(C)(C)OC(=O)NCc1cccc(C2CCN(C(=O)c3cccc(OCC(=O)CO)c3)CC2)c1. The van der Waals surface area contributed by atoms with Crippen LogP contribution in [0, 0.1) is 0 Å². The van der Waals surface area contributed by atoms with E-state index in [1.807, 2.05) is 37.8 Å². The Labute approximate surface area is 206 Å². The van der Waals surface area contributed by atoms with Gasteiger partial charge in [-0.05, 0) is 68.9 Å². The number of hydrogen-bond acceptors (Lipinski definition) is 6. The number of ketones is 1. The number of alkyl carbamates (subject to hydrolysis) is 1. The molecule has 2 aromatic carbocycles. The zero-order valence-electron chi connectivity index (χ0n) is 20.6. The summed E-state index contributed by atoms with van der Waals surface area (Å²) >= 11 is 0. The molecule has 0 aliphatic carbocycles. The summed E-state index contributed by atoms with van der Waals surface area (Å²) < 4.78 is 10.7. The maximum Gasteiger partial charge on any atom is 0.407 e. The van der Waals surface area contributed by atoms with Crippen molar-refractivity contribution in [2.45, 2.75) is 51.7 Å². The lowest BCUT2D eigenvalue weighted by atomic mass is 9.88. The van der Waals surface area contributed by atoms with Gasteiger partial charge in [-0.3, -0.25) is 9.59 Å². The fraction of sp³-hybridized carbons (Fsp3) is 0.444. The summed E-state index contributed by atoms with van der Waals surface area (Å²) in [5, 5.41) is 11.6. The Hall–Kier alpha value is -3.39. The lowest BCUT2D eigenvalue weighted by Gasteiger charge is -2.32. The lowest BCUT2D eigenvalue weighted by molar-refractivity contribution is -0.123. The van der Waals surface area contributed by atoms with Gasteiger partial charge in [0.05, 0.1) is 0 Å². The molecule has 0 bridgehead atoms. The number of amides is 2. The van der Waals surface area contributed by atoms with Crippen LogP contribution in [-0.2, 0) is 16.1 Å². The summed E-state index contributed by atoms with van der Waals surface area (Å²) in [7, 11) is 0. The molecular formula is C27H34N2O6. The van der Waals surface area contributed by atoms with Gasteiger partial charge >= 0.3 is 6.09 Å². The van der Waals surface area contributed by atoms with Crippen molar-refractivity contribution >= 4 is 17.8 Å². The molecule has 8 heteroatoms. The number of hydrogen-bond donors (Lipinski definition) is 2. The average Bonchev–Trinajstić information content (AvgIpc) is 2.85. The average molecular weight is 483 g/mol. The number of carbonyl (C=O) groups excluding carboxylic acids is 3. The van der Waals surface area contributed by atoms with E-state index in [9.17, 15) is 14.4 Å². The van der Waals surface area contributed by atoms with Gasteiger partial charge in [-0.1, -0.05) is 30.3 Å². The lowest BCUT2D eigenvalue weighted by Crippen LogP contribution is -2.38. The molecule has 0 atom stereocenters. The number of benzene rings is 2. The van der Waals surface area contributed by atoms with E-state index in [0.717, 1.165) is 18.4 Å². The molecule has 8 nitrogen and oxygen atoms in total. The zero-order valence-corrected chi connectivity index (χ0v) is 20.6. The molecule has 1 aliphatic rings. The Kier molecular flexibility index (Phi) is 8.87. The summed E-state index contributed by atoms with van der Waals surface area (Å²) in [5.74, 6) is 0.259. The summed E-state index contributed by atoms with van der Waals surface area (Å²) in [4.78, 5) is 38.0. The van der Waals surface area contributed by atoms with Crippen molar-refractivity contribution in [2.24, 2.45) is 0 Å². The quantitative estimate of drug-likeness (QED) is 0.595. The number of ether oxygens (including phenoxy) is 2. The number of rotatable bonds is 8. The van der Waals surface area contributed by atoms with Crippen LogP contribution >= 0.6 is 0 Å². The monoisotopic (exact) mass is 482 g/mol. The third-order valence-electron chi connectivity index (χ3n) is 5.70. The Morgan fingerprint density at radius 3 is 2.46 bits per heavy atom. The highest BCUT2D eigenvalue weighted by atomic mass is 16.6. The molecule has 2 N–H and O–H groups in total. The van der Waals surface area contributed by atoms with Gasteiger partial charge in [-0.25, -0.2) is 4.79 Å². The number of nitrogens with zero attached hydrogens (tertiary/aromatic N) is 1. The van der Waals surface area contributed by atoms with Crippen molar-refractivity contribution in [1.29, 1.82) is 0 Å². The summed E-state index contributed by atoms with van der Waals surface area (Å²) in [6, 6.07) is 14.9. The van der Waals surface area contributed by atoms with Crippen LogP contribution in [0.15, 0.2) is 48.5 Å². The van der Waals surface area contributed by atoms with Crippen LogP contribution < -0.4 is 10.1 Å². The molecule has 3 rings (SSSR count). The Morgan fingerprint density at radius 1 is 1.06 bits per heavy atom. The molecule has 1 aliphatic heterocycles. The summed E-state index contributed by atoms with van der Waals surface area (Å²) in [5.41, 5.74) is 2.17. The van der Waals surface area contributed by atoms with Crippen LogP contribution in [0.2, 0.25) is 0 Å². The van der Waals surface area contributed by atoms with Crippen molar-refractivity contribution < 1.29 is 29.0 Å². The number of aliphatic hydroxyl groups is 1. The van der Waals surface area contributed by atoms with E-state index < -0.39 is 24.1 Å². The van der Waals surface area contributed by atoms with E-state index in [4.69, 9.17) is 14.6 Å². The fourth-order valence-corrected chi connectivity index (χ4v) is 3.97. The number of nitrogens with one attached hydrogen (secondary N) is 1. The second-order valence-corrected chi connectivity index (χ2v) is 9.68. The first kappa shape index (κ1) is 26.2. The molecule has 188 valence electrons. The van der Waals surface area contributed by atoms with Gasteiger partial charge in [0.25, 0.3) is 5.91 Å². The first-order valence-corrected chi connectivity index (χ1v) is 11.8. The van der Waals surface area contributed by atoms with Crippen molar-refractivity contribution in [2.75, 3.05) is 26.3 Å². The third kappa shape index (κ3) is 8.10. The van der Waals surface area contributed by atoms with Gasteiger partial charge in [0.2, 0.25) is 0 Å². The molecule has 0 saturated carbocycles. The fourth-order valence-electron chi connectivity index (χ4n) is 3.97. The molecule has 0 unspecified atom stereocenters. The molecule has 1 heterocycles. The highest BCUT2D eigenvalue weighted by Gasteiger charge is 2.25. The molecule has 1 fully saturated rings. The molecule has 0 spiro atoms. The number of Topliss-reactive ketones (excluding diaryl/α,β-unsaturated/α-hetero) is 1. The van der Waals surface area contributed by atoms with E-state index in [1.165, 1.54) is 5.56 Å². The van der Waals surface area contributed by atoms with E-state index in [2.05, 4.69) is 17.4 Å². The molecule has 2 amide bonds. The van der Waals surface area contributed by atoms with Gasteiger partial charge in [0.1, 0.15) is 24.6 Å². The summed E-state index contributed by atoms with van der Waals surface area (Å²) in [6.45, 7) is 6.35. The second kappa shape index (κ2) is 11.8. The highest BCUT2D eigenvalue weighted by molar-refractivity contribution is 5.94. The first-order chi connectivity index (χ1) is 16.6. The van der Waals surface area contributed by atoms with E-state index in [1.54, 1.807) is 24.3 Å². The van der Waals surface area contributed by atoms with E-state index >= 15 is 0 Å². The molecular weight excluding hydrogens is 448 g/mol. The number of carbonyl (C=O) groups is 3. The van der Waals surface area contributed by atoms with Crippen LogP contribution in [0.3, 0.4) is 0 Å². The number of aliphatic hydroxyl groups excluding tert-OH is 1. The van der Waals surface area contributed by atoms with Gasteiger partial charge < -0.3 is 24.8 Å². The number of likely N-dealkylation sites (tertiary alicyclic amines) is 1. The van der Waals surface area contributed by atoms with Crippen molar-refractivity contribution in [3.8, 4) is 5.75 Å². The van der Waals surface area contributed by atoms with Crippen LogP contribution in [-0.4, -0.2) is 59.7 Å². The minimum Gasteiger partial charge on any atom is -0.486 e. The van der Waals surface area contributed by atoms with Crippen molar-refractivity contribution in [1.82, 2.24) is 10.2 Å². The van der Waals surface area contributed by atoms with Gasteiger partial charge in [-0.15, -0.1) is 0 Å². The Balaban J connectivity index is 1.53. The topological polar surface area (TPSA) is 105 Å². The molecule has 0 aromatic heterocycles. The van der Waals surface area contributed by atoms with Gasteiger partial charge in [-0.2, -0.15) is 0 Å². The Morgan fingerprint density at radius 2 is 1.77 bits per heavy atom. The number of piperidine rings is 1. The van der Waals surface area contributed by atoms with Gasteiger partial charge in [0.15, 0.2) is 5.78 Å². The van der Waals surface area contributed by atoms with E-state index in [0.29, 0.717) is 36.9 Å². The normalized spacial score (nSPS) is 14.3. The predicted molar refractivity (Wildman–Crippen MR) is 131 cm³/mol. The van der Waals surface area contributed by atoms with Crippen LogP contribution in [0.5, 0.6) is 5.75 Å². The standard InChI is InChI=1S/C27H34N2O6/c1-27(2,3)35-26(33)28-16-19-6-4-7-21(14-19)20-10-12-29(13-11-20)25(32)22-8-5-9-24(15-22)34-18-23(31)17-30/h4-9,14-15,20,30H,10-13,16-18H2,1-3H3,(H,28,33). The second-order valence-electron chi connectivity index (χ2n) is 9.68. The van der Waals surface area contributed by atoms with Crippen molar-refractivity contribution in [3.63, 3.8) is 0 Å². The predicted octanol–water partition coefficient (Wildman–Crippen LogP) is 3.67. The first-order valence-electron chi connectivity index (χ1n) is 11.8. The maximum absolute atomic E-state index is 13.0. The van der Waals surface area contributed by atoms with Gasteiger partial charge in [0, 0.05) is 25.2 Å². The highest BCUT2D eigenvalue weighted by Crippen LogP contribution is 2.29. The summed E-state index contributed by atoms with van der Waals surface area (Å²) in [6.07, 6.45) is 1.25. The molecule has 0 radical (unpaired) electrons. The molecule has 35 heavy (non-hydrogen) atoms. The molecule has 2 aromatic rings. The minimum absolute atomic E-state index is 0.0716. The van der Waals surface area contributed by atoms with Crippen LogP contribution in [0.1, 0.15) is 61.0 Å². The van der Waals surface area contributed by atoms with Crippen LogP contribution in [0.4, 0.5) is 4.79 Å². The smallest absolute Gasteiger partial charge is 0.407 e. The maximum atomic E-state index is 13.0. The van der Waals surface area contributed by atoms with Crippen LogP contribution in [0.25, 0.3) is 0 Å².